The smallest absolute Gasteiger partial charge is 0.233 e. The fourth-order valence-electron chi connectivity index (χ4n) is 2.18. The Morgan fingerprint density at radius 1 is 0.913 bits per heavy atom. The SMILES string of the molecule is CN1C=CN(c2cccc(N3C=C(Br)N(C)C3(Br)Br)n2)C1(Br)Br. The molecule has 23 heavy (non-hydrogen) atoms. The minimum atomic E-state index is -0.567. The second-order valence-electron chi connectivity index (χ2n) is 5.03. The van der Waals surface area contributed by atoms with Gasteiger partial charge in [0.05, 0.1) is 0 Å². The minimum Gasteiger partial charge on any atom is -0.339 e. The molecule has 0 spiro atoms. The van der Waals surface area contributed by atoms with Gasteiger partial charge in [-0.25, -0.2) is 4.98 Å². The average Bonchev–Trinajstić information content (AvgIpc) is 2.87. The molecule has 0 saturated carbocycles. The highest BCUT2D eigenvalue weighted by molar-refractivity contribution is 9.25. The van der Waals surface area contributed by atoms with Crippen LogP contribution in [0.3, 0.4) is 0 Å². The van der Waals surface area contributed by atoms with Gasteiger partial charge in [0.2, 0.25) is 6.96 Å². The van der Waals surface area contributed by atoms with Crippen LogP contribution in [0.5, 0.6) is 0 Å². The first-order valence-electron chi connectivity index (χ1n) is 6.49. The van der Waals surface area contributed by atoms with Gasteiger partial charge in [-0.05, 0) is 91.8 Å². The van der Waals surface area contributed by atoms with Gasteiger partial charge in [-0.3, -0.25) is 9.80 Å². The van der Waals surface area contributed by atoms with E-state index in [4.69, 9.17) is 4.98 Å². The molecule has 2 aliphatic heterocycles. The van der Waals surface area contributed by atoms with Crippen molar-refractivity contribution in [3.63, 3.8) is 0 Å². The van der Waals surface area contributed by atoms with Gasteiger partial charge in [-0.15, -0.1) is 0 Å². The second kappa shape index (κ2) is 6.19. The lowest BCUT2D eigenvalue weighted by molar-refractivity contribution is 0.433. The van der Waals surface area contributed by atoms with E-state index in [-0.39, 0.29) is 0 Å². The van der Waals surface area contributed by atoms with Crippen molar-refractivity contribution in [1.82, 2.24) is 14.8 Å². The van der Waals surface area contributed by atoms with Crippen LogP contribution in [0.2, 0.25) is 0 Å². The number of aromatic nitrogens is 1. The minimum absolute atomic E-state index is 0.524. The van der Waals surface area contributed by atoms with Crippen molar-refractivity contribution in [2.45, 2.75) is 6.96 Å². The Balaban J connectivity index is 1.98. The van der Waals surface area contributed by atoms with Crippen molar-refractivity contribution in [3.8, 4) is 0 Å². The van der Waals surface area contributed by atoms with Gasteiger partial charge in [0.25, 0.3) is 0 Å². The maximum atomic E-state index is 4.79. The number of hydrogen-bond donors (Lipinski definition) is 0. The molecule has 0 N–H and O–H groups in total. The third kappa shape index (κ3) is 2.98. The lowest BCUT2D eigenvalue weighted by atomic mass is 10.4. The molecule has 1 aromatic rings. The molecule has 124 valence electrons. The van der Waals surface area contributed by atoms with Gasteiger partial charge in [-0.1, -0.05) is 6.07 Å². The van der Waals surface area contributed by atoms with E-state index in [0.717, 1.165) is 16.2 Å². The molecular formula is C13H12Br5N5. The normalized spacial score (nSPS) is 22.1. The first kappa shape index (κ1) is 18.0. The van der Waals surface area contributed by atoms with E-state index in [2.05, 4.69) is 79.6 Å². The Labute approximate surface area is 177 Å². The third-order valence-corrected chi connectivity index (χ3v) is 8.06. The van der Waals surface area contributed by atoms with E-state index >= 15 is 0 Å². The van der Waals surface area contributed by atoms with Gasteiger partial charge in [0.1, 0.15) is 16.2 Å². The van der Waals surface area contributed by atoms with Crippen LogP contribution >= 0.6 is 79.6 Å². The molecule has 0 atom stereocenters. The van der Waals surface area contributed by atoms with Gasteiger partial charge in [-0.2, -0.15) is 0 Å². The number of pyridine rings is 1. The number of halogens is 5. The maximum Gasteiger partial charge on any atom is 0.233 e. The Bertz CT molecular complexity index is 689. The van der Waals surface area contributed by atoms with Gasteiger partial charge >= 0.3 is 0 Å². The third-order valence-electron chi connectivity index (χ3n) is 3.62. The van der Waals surface area contributed by atoms with Gasteiger partial charge in [0, 0.05) is 32.7 Å². The Hall–Kier alpha value is 0.230. The predicted molar refractivity (Wildman–Crippen MR) is 112 cm³/mol. The summed E-state index contributed by atoms with van der Waals surface area (Å²) in [5.74, 6) is 1.61. The van der Waals surface area contributed by atoms with Crippen molar-refractivity contribution in [1.29, 1.82) is 0 Å². The molecule has 2 aliphatic rings. The highest BCUT2D eigenvalue weighted by atomic mass is 79.9. The molecule has 0 aromatic carbocycles. The molecule has 3 rings (SSSR count). The van der Waals surface area contributed by atoms with Crippen LogP contribution in [-0.2, 0) is 0 Å². The molecule has 3 heterocycles. The molecule has 0 unspecified atom stereocenters. The summed E-state index contributed by atoms with van der Waals surface area (Å²) in [5, 5.41) is 0. The standard InChI is InChI=1S/C13H12Br5N5/c1-20-6-7-22(12(20,15)16)10-4-3-5-11(19-10)23-8-9(14)21(2)13(23,17)18/h3-8H,1-2H3. The maximum absolute atomic E-state index is 4.79. The van der Waals surface area contributed by atoms with E-state index in [0.29, 0.717) is 0 Å². The summed E-state index contributed by atoms with van der Waals surface area (Å²) in [4.78, 5) is 12.8. The largest absolute Gasteiger partial charge is 0.339 e. The van der Waals surface area contributed by atoms with Crippen molar-refractivity contribution < 1.29 is 0 Å². The molecule has 0 radical (unpaired) electrons. The predicted octanol–water partition coefficient (Wildman–Crippen LogP) is 5.05. The first-order valence-corrected chi connectivity index (χ1v) is 10.5. The number of hydrogen-bond acceptors (Lipinski definition) is 5. The van der Waals surface area contributed by atoms with E-state index in [1.54, 1.807) is 0 Å². The summed E-state index contributed by atoms with van der Waals surface area (Å²) in [6.07, 6.45) is 5.90. The van der Waals surface area contributed by atoms with Crippen molar-refractivity contribution >= 4 is 91.3 Å². The monoisotopic (exact) mass is 633 g/mol. The molecule has 5 nitrogen and oxygen atoms in total. The molecule has 10 heteroatoms. The molecule has 0 saturated heterocycles. The Morgan fingerprint density at radius 3 is 2.00 bits per heavy atom. The highest BCUT2D eigenvalue weighted by Crippen LogP contribution is 2.46. The Kier molecular flexibility index (Phi) is 4.85. The van der Waals surface area contributed by atoms with Crippen molar-refractivity contribution in [2.75, 3.05) is 23.9 Å². The first-order chi connectivity index (χ1) is 10.7. The zero-order valence-electron chi connectivity index (χ0n) is 12.1. The highest BCUT2D eigenvalue weighted by Gasteiger charge is 2.43. The van der Waals surface area contributed by atoms with Crippen LogP contribution in [0.15, 0.2) is 41.4 Å². The quantitative estimate of drug-likeness (QED) is 0.334. The summed E-state index contributed by atoms with van der Waals surface area (Å²) >= 11 is 18.2. The topological polar surface area (TPSA) is 25.9 Å². The van der Waals surface area contributed by atoms with Crippen molar-refractivity contribution in [3.05, 3.63) is 41.4 Å². The zero-order chi connectivity index (χ0) is 17.0. The number of alkyl halides is 4. The fraction of sp³-hybridized carbons (Fsp3) is 0.308. The molecule has 0 amide bonds. The van der Waals surface area contributed by atoms with E-state index in [1.807, 2.05) is 70.5 Å². The Morgan fingerprint density at radius 2 is 1.52 bits per heavy atom. The summed E-state index contributed by atoms with van der Waals surface area (Å²) in [6.45, 7) is 0. The van der Waals surface area contributed by atoms with E-state index in [9.17, 15) is 0 Å². The van der Waals surface area contributed by atoms with Crippen LogP contribution in [0, 0.1) is 0 Å². The number of anilines is 2. The van der Waals surface area contributed by atoms with Crippen LogP contribution in [-0.4, -0.2) is 35.8 Å². The lowest BCUT2D eigenvalue weighted by Gasteiger charge is -2.35. The fourth-order valence-corrected chi connectivity index (χ4v) is 4.90. The zero-order valence-corrected chi connectivity index (χ0v) is 20.0. The molecule has 0 fully saturated rings. The molecule has 1 aromatic heterocycles. The van der Waals surface area contributed by atoms with Crippen LogP contribution < -0.4 is 9.80 Å². The van der Waals surface area contributed by atoms with Gasteiger partial charge in [0.15, 0.2) is 0 Å². The molecule has 0 bridgehead atoms. The van der Waals surface area contributed by atoms with Crippen LogP contribution in [0.25, 0.3) is 0 Å². The summed E-state index contributed by atoms with van der Waals surface area (Å²) in [6, 6.07) is 5.91. The van der Waals surface area contributed by atoms with E-state index < -0.39 is 6.96 Å². The van der Waals surface area contributed by atoms with Crippen molar-refractivity contribution in [2.24, 2.45) is 0 Å². The molecule has 0 aliphatic carbocycles. The molecular weight excluding hydrogens is 626 g/mol. The average molecular weight is 638 g/mol. The summed E-state index contributed by atoms with van der Waals surface area (Å²) in [7, 11) is 3.94. The van der Waals surface area contributed by atoms with Crippen LogP contribution in [0.4, 0.5) is 11.6 Å². The number of nitrogens with zero attached hydrogens (tertiary/aromatic N) is 5. The second-order valence-corrected chi connectivity index (χ2v) is 12.4. The summed E-state index contributed by atoms with van der Waals surface area (Å²) in [5.41, 5.74) is 0. The van der Waals surface area contributed by atoms with Gasteiger partial charge < -0.3 is 9.80 Å². The van der Waals surface area contributed by atoms with Crippen LogP contribution in [0.1, 0.15) is 0 Å². The van der Waals surface area contributed by atoms with E-state index in [1.165, 1.54) is 0 Å². The number of rotatable bonds is 2. The lowest BCUT2D eigenvalue weighted by Crippen LogP contribution is -2.43. The summed E-state index contributed by atoms with van der Waals surface area (Å²) < 4.78 is -0.152.